The zero-order valence-electron chi connectivity index (χ0n) is 15.6. The van der Waals surface area contributed by atoms with Gasteiger partial charge in [0, 0.05) is 31.5 Å². The molecular weight excluding hydrogens is 388 g/mol. The van der Waals surface area contributed by atoms with Crippen LogP contribution in [0.3, 0.4) is 0 Å². The van der Waals surface area contributed by atoms with Crippen molar-refractivity contribution in [2.24, 2.45) is 0 Å². The predicted molar refractivity (Wildman–Crippen MR) is 101 cm³/mol. The summed E-state index contributed by atoms with van der Waals surface area (Å²) >= 11 is 0. The lowest BCUT2D eigenvalue weighted by Crippen LogP contribution is -2.22. The third-order valence-corrected chi connectivity index (χ3v) is 4.79. The average molecular weight is 408 g/mol. The van der Waals surface area contributed by atoms with E-state index in [0.29, 0.717) is 18.8 Å². The SMILES string of the molecule is O=C(CCC(=O)c1ccc(F)cc1)Nc1cc(C(F)(F)F)ccc1N1CCCC1. The number of nitrogens with one attached hydrogen (secondary N) is 1. The lowest BCUT2D eigenvalue weighted by Gasteiger charge is -2.23. The minimum absolute atomic E-state index is 0.0842. The summed E-state index contributed by atoms with van der Waals surface area (Å²) in [7, 11) is 0. The fraction of sp³-hybridized carbons (Fsp3) is 0.333. The Morgan fingerprint density at radius 1 is 0.966 bits per heavy atom. The second-order valence-electron chi connectivity index (χ2n) is 6.90. The van der Waals surface area contributed by atoms with Crippen LogP contribution in [0.1, 0.15) is 41.6 Å². The number of hydrogen-bond acceptors (Lipinski definition) is 3. The summed E-state index contributed by atoms with van der Waals surface area (Å²) in [4.78, 5) is 26.4. The van der Waals surface area contributed by atoms with Gasteiger partial charge in [0.05, 0.1) is 16.9 Å². The van der Waals surface area contributed by atoms with Crippen LogP contribution in [0, 0.1) is 5.82 Å². The van der Waals surface area contributed by atoms with Crippen molar-refractivity contribution >= 4 is 23.1 Å². The quantitative estimate of drug-likeness (QED) is 0.538. The minimum Gasteiger partial charge on any atom is -0.370 e. The number of carbonyl (C=O) groups is 2. The van der Waals surface area contributed by atoms with Crippen LogP contribution in [0.15, 0.2) is 42.5 Å². The van der Waals surface area contributed by atoms with Gasteiger partial charge in [-0.25, -0.2) is 4.39 Å². The molecule has 0 spiro atoms. The molecule has 3 rings (SSSR count). The number of hydrogen-bond donors (Lipinski definition) is 1. The topological polar surface area (TPSA) is 49.4 Å². The summed E-state index contributed by atoms with van der Waals surface area (Å²) in [6.45, 7) is 1.41. The van der Waals surface area contributed by atoms with Crippen molar-refractivity contribution in [3.63, 3.8) is 0 Å². The first-order valence-electron chi connectivity index (χ1n) is 9.29. The van der Waals surface area contributed by atoms with E-state index in [2.05, 4.69) is 5.32 Å². The van der Waals surface area contributed by atoms with Crippen molar-refractivity contribution in [1.29, 1.82) is 0 Å². The Hall–Kier alpha value is -2.90. The van der Waals surface area contributed by atoms with Gasteiger partial charge in [0.2, 0.25) is 5.91 Å². The summed E-state index contributed by atoms with van der Waals surface area (Å²) in [5.41, 5.74) is 0.0452. The monoisotopic (exact) mass is 408 g/mol. The molecule has 0 aromatic heterocycles. The summed E-state index contributed by atoms with van der Waals surface area (Å²) < 4.78 is 52.2. The molecule has 2 aromatic rings. The smallest absolute Gasteiger partial charge is 0.370 e. The molecule has 1 fully saturated rings. The molecule has 0 aliphatic carbocycles. The number of carbonyl (C=O) groups excluding carboxylic acids is 2. The highest BCUT2D eigenvalue weighted by Gasteiger charge is 2.32. The fourth-order valence-corrected chi connectivity index (χ4v) is 3.27. The predicted octanol–water partition coefficient (Wildman–Crippen LogP) is 5.05. The van der Waals surface area contributed by atoms with E-state index in [4.69, 9.17) is 0 Å². The van der Waals surface area contributed by atoms with Crippen molar-refractivity contribution in [2.75, 3.05) is 23.3 Å². The number of alkyl halides is 3. The highest BCUT2D eigenvalue weighted by molar-refractivity contribution is 6.01. The van der Waals surface area contributed by atoms with Crippen LogP contribution >= 0.6 is 0 Å². The molecule has 0 unspecified atom stereocenters. The van der Waals surface area contributed by atoms with E-state index in [-0.39, 0.29) is 29.9 Å². The Balaban J connectivity index is 1.70. The van der Waals surface area contributed by atoms with Gasteiger partial charge in [-0.1, -0.05) is 0 Å². The van der Waals surface area contributed by atoms with E-state index in [1.54, 1.807) is 0 Å². The maximum absolute atomic E-state index is 13.1. The maximum Gasteiger partial charge on any atom is 0.416 e. The molecule has 29 heavy (non-hydrogen) atoms. The van der Waals surface area contributed by atoms with E-state index in [1.807, 2.05) is 4.90 Å². The lowest BCUT2D eigenvalue weighted by atomic mass is 10.1. The largest absolute Gasteiger partial charge is 0.416 e. The molecule has 8 heteroatoms. The number of Topliss-reactive ketones (excluding diaryl/α,β-unsaturated/α-hetero) is 1. The average Bonchev–Trinajstić information content (AvgIpc) is 3.20. The van der Waals surface area contributed by atoms with Crippen LogP contribution in [0.2, 0.25) is 0 Å². The Morgan fingerprint density at radius 3 is 2.24 bits per heavy atom. The van der Waals surface area contributed by atoms with E-state index >= 15 is 0 Å². The second-order valence-corrected chi connectivity index (χ2v) is 6.90. The normalized spacial score (nSPS) is 14.1. The molecule has 1 saturated heterocycles. The molecule has 1 aliphatic heterocycles. The summed E-state index contributed by atoms with van der Waals surface area (Å²) in [5.74, 6) is -1.37. The standard InChI is InChI=1S/C21H20F4N2O2/c22-16-6-3-14(4-7-16)19(28)9-10-20(29)26-17-13-15(21(23,24)25)5-8-18(17)27-11-1-2-12-27/h3-8,13H,1-2,9-12H2,(H,26,29). The third kappa shape index (κ3) is 5.34. The van der Waals surface area contributed by atoms with Crippen LogP contribution in [0.25, 0.3) is 0 Å². The Morgan fingerprint density at radius 2 is 1.62 bits per heavy atom. The summed E-state index contributed by atoms with van der Waals surface area (Å²) in [6.07, 6.45) is -2.98. The Kier molecular flexibility index (Phi) is 6.20. The van der Waals surface area contributed by atoms with Gasteiger partial charge in [0.1, 0.15) is 5.82 Å². The van der Waals surface area contributed by atoms with E-state index < -0.39 is 23.5 Å². The molecule has 1 amide bonds. The van der Waals surface area contributed by atoms with E-state index in [1.165, 1.54) is 18.2 Å². The van der Waals surface area contributed by atoms with Crippen LogP contribution in [0.5, 0.6) is 0 Å². The van der Waals surface area contributed by atoms with Crippen molar-refractivity contribution in [1.82, 2.24) is 0 Å². The number of ketones is 1. The van der Waals surface area contributed by atoms with Gasteiger partial charge in [-0.3, -0.25) is 9.59 Å². The van der Waals surface area contributed by atoms with Gasteiger partial charge in [0.15, 0.2) is 5.78 Å². The minimum atomic E-state index is -4.53. The van der Waals surface area contributed by atoms with E-state index in [0.717, 1.165) is 37.1 Å². The molecule has 2 aromatic carbocycles. The number of nitrogens with zero attached hydrogens (tertiary/aromatic N) is 1. The van der Waals surface area contributed by atoms with Gasteiger partial charge in [-0.05, 0) is 55.3 Å². The molecule has 0 saturated carbocycles. The van der Waals surface area contributed by atoms with Crippen molar-refractivity contribution in [3.05, 3.63) is 59.4 Å². The van der Waals surface area contributed by atoms with Crippen molar-refractivity contribution in [2.45, 2.75) is 31.9 Å². The first-order valence-corrected chi connectivity index (χ1v) is 9.29. The molecule has 1 heterocycles. The number of benzene rings is 2. The molecule has 0 bridgehead atoms. The van der Waals surface area contributed by atoms with Crippen LogP contribution in [-0.4, -0.2) is 24.8 Å². The van der Waals surface area contributed by atoms with Gasteiger partial charge < -0.3 is 10.2 Å². The highest BCUT2D eigenvalue weighted by atomic mass is 19.4. The molecule has 1 aliphatic rings. The van der Waals surface area contributed by atoms with Crippen molar-refractivity contribution < 1.29 is 27.2 Å². The molecule has 1 N–H and O–H groups in total. The number of amides is 1. The van der Waals surface area contributed by atoms with Crippen LogP contribution in [0.4, 0.5) is 28.9 Å². The Bertz CT molecular complexity index is 889. The first-order chi connectivity index (χ1) is 13.7. The van der Waals surface area contributed by atoms with Crippen LogP contribution < -0.4 is 10.2 Å². The molecular formula is C21H20F4N2O2. The molecule has 154 valence electrons. The van der Waals surface area contributed by atoms with Crippen molar-refractivity contribution in [3.8, 4) is 0 Å². The molecule has 0 atom stereocenters. The molecule has 4 nitrogen and oxygen atoms in total. The molecule has 0 radical (unpaired) electrons. The zero-order chi connectivity index (χ0) is 21.0. The lowest BCUT2D eigenvalue weighted by molar-refractivity contribution is -0.137. The summed E-state index contributed by atoms with van der Waals surface area (Å²) in [5, 5.41) is 2.52. The van der Waals surface area contributed by atoms with Gasteiger partial charge in [-0.2, -0.15) is 13.2 Å². The number of anilines is 2. The number of rotatable bonds is 6. The fourth-order valence-electron chi connectivity index (χ4n) is 3.27. The highest BCUT2D eigenvalue weighted by Crippen LogP contribution is 2.36. The van der Waals surface area contributed by atoms with Gasteiger partial charge in [0.25, 0.3) is 0 Å². The Labute approximate surface area is 165 Å². The third-order valence-electron chi connectivity index (χ3n) is 4.79. The zero-order valence-corrected chi connectivity index (χ0v) is 15.6. The number of halogens is 4. The van der Waals surface area contributed by atoms with Gasteiger partial charge in [-0.15, -0.1) is 0 Å². The summed E-state index contributed by atoms with van der Waals surface area (Å²) in [6, 6.07) is 8.25. The van der Waals surface area contributed by atoms with E-state index in [9.17, 15) is 27.2 Å². The maximum atomic E-state index is 13.1. The second kappa shape index (κ2) is 8.63. The van der Waals surface area contributed by atoms with Crippen LogP contribution in [-0.2, 0) is 11.0 Å². The first kappa shape index (κ1) is 20.8. The van der Waals surface area contributed by atoms with Gasteiger partial charge >= 0.3 is 6.18 Å².